The minimum Gasteiger partial charge on any atom is -0.465 e. The van der Waals surface area contributed by atoms with Gasteiger partial charge in [0.1, 0.15) is 0 Å². The van der Waals surface area contributed by atoms with Crippen LogP contribution in [0.25, 0.3) is 22.6 Å². The molecule has 0 radical (unpaired) electrons. The van der Waals surface area contributed by atoms with Gasteiger partial charge in [-0.1, -0.05) is 36.4 Å². The molecule has 0 aliphatic rings. The molecule has 2 aromatic heterocycles. The van der Waals surface area contributed by atoms with E-state index < -0.39 is 0 Å². The van der Waals surface area contributed by atoms with Crippen molar-refractivity contribution in [2.75, 3.05) is 7.11 Å². The first-order valence-corrected chi connectivity index (χ1v) is 13.3. The summed E-state index contributed by atoms with van der Waals surface area (Å²) < 4.78 is 9.17. The van der Waals surface area contributed by atoms with E-state index in [9.17, 15) is 9.59 Å². The number of hydrogen-bond acceptors (Lipinski definition) is 4. The monoisotopic (exact) mass is 544 g/mol. The number of aryl methyl sites for hydroxylation is 2. The number of rotatable bonds is 7. The van der Waals surface area contributed by atoms with E-state index in [0.29, 0.717) is 11.1 Å². The van der Waals surface area contributed by atoms with Crippen LogP contribution in [0.4, 0.5) is 0 Å². The average Bonchev–Trinajstić information content (AvgIpc) is 3.51. The zero-order valence-electron chi connectivity index (χ0n) is 23.8. The van der Waals surface area contributed by atoms with Gasteiger partial charge in [0.15, 0.2) is 0 Å². The van der Waals surface area contributed by atoms with Crippen molar-refractivity contribution in [1.82, 2.24) is 14.6 Å². The van der Waals surface area contributed by atoms with Crippen molar-refractivity contribution in [3.63, 3.8) is 0 Å². The molecule has 7 nitrogen and oxygen atoms in total. The number of esters is 1. The van der Waals surface area contributed by atoms with Crippen LogP contribution in [0.1, 0.15) is 48.9 Å². The number of methoxy groups -OCH3 is 1. The lowest BCUT2D eigenvalue weighted by atomic mass is 10.1. The predicted molar refractivity (Wildman–Crippen MR) is 162 cm³/mol. The third-order valence-electron chi connectivity index (χ3n) is 7.32. The summed E-state index contributed by atoms with van der Waals surface area (Å²) in [6.45, 7) is 7.94. The van der Waals surface area contributed by atoms with E-state index in [2.05, 4.69) is 50.9 Å². The number of benzene rings is 3. The third-order valence-corrected chi connectivity index (χ3v) is 7.32. The molecule has 0 saturated heterocycles. The summed E-state index contributed by atoms with van der Waals surface area (Å²) >= 11 is 0. The van der Waals surface area contributed by atoms with Crippen molar-refractivity contribution >= 4 is 18.1 Å². The van der Waals surface area contributed by atoms with Crippen LogP contribution in [0.3, 0.4) is 0 Å². The van der Waals surface area contributed by atoms with Gasteiger partial charge in [-0.25, -0.2) is 10.2 Å². The Morgan fingerprint density at radius 1 is 0.805 bits per heavy atom. The van der Waals surface area contributed by atoms with Crippen LogP contribution in [-0.2, 0) is 4.74 Å². The van der Waals surface area contributed by atoms with E-state index >= 15 is 0 Å². The number of hydrogen-bond donors (Lipinski definition) is 1. The second kappa shape index (κ2) is 11.5. The van der Waals surface area contributed by atoms with E-state index in [-0.39, 0.29) is 11.9 Å². The molecule has 0 bridgehead atoms. The molecular formula is C34H32N4O3. The quantitative estimate of drug-likeness (QED) is 0.140. The molecule has 0 unspecified atom stereocenters. The van der Waals surface area contributed by atoms with Gasteiger partial charge in [-0.05, 0) is 93.4 Å². The van der Waals surface area contributed by atoms with Gasteiger partial charge in [-0.15, -0.1) is 0 Å². The number of amides is 1. The molecule has 206 valence electrons. The number of nitrogens with zero attached hydrogens (tertiary/aromatic N) is 3. The van der Waals surface area contributed by atoms with Gasteiger partial charge in [0.05, 0.1) is 24.6 Å². The van der Waals surface area contributed by atoms with Crippen molar-refractivity contribution in [3.05, 3.63) is 130 Å². The molecule has 0 aliphatic carbocycles. The Balaban J connectivity index is 1.32. The molecule has 0 aliphatic heterocycles. The Hall–Kier alpha value is -5.17. The molecule has 2 heterocycles. The summed E-state index contributed by atoms with van der Waals surface area (Å²) in [5, 5.41) is 4.23. The second-order valence-electron chi connectivity index (χ2n) is 9.91. The van der Waals surface area contributed by atoms with Crippen LogP contribution in [0, 0.1) is 27.7 Å². The summed E-state index contributed by atoms with van der Waals surface area (Å²) in [7, 11) is 1.38. The number of ether oxygens (including phenoxy) is 1. The number of aromatic nitrogens is 2. The first-order valence-electron chi connectivity index (χ1n) is 13.3. The van der Waals surface area contributed by atoms with Gasteiger partial charge >= 0.3 is 5.97 Å². The van der Waals surface area contributed by atoms with Gasteiger partial charge < -0.3 is 13.9 Å². The highest BCUT2D eigenvalue weighted by Crippen LogP contribution is 2.27. The molecule has 7 heteroatoms. The maximum atomic E-state index is 12.9. The van der Waals surface area contributed by atoms with Crippen LogP contribution in [-0.4, -0.2) is 34.3 Å². The van der Waals surface area contributed by atoms with Crippen molar-refractivity contribution < 1.29 is 14.3 Å². The topological polar surface area (TPSA) is 77.6 Å². The Kier molecular flexibility index (Phi) is 7.70. The lowest BCUT2D eigenvalue weighted by Gasteiger charge is -2.15. The first kappa shape index (κ1) is 27.4. The highest BCUT2D eigenvalue weighted by molar-refractivity contribution is 5.95. The van der Waals surface area contributed by atoms with Gasteiger partial charge in [0.25, 0.3) is 5.91 Å². The lowest BCUT2D eigenvalue weighted by Crippen LogP contribution is -2.17. The highest BCUT2D eigenvalue weighted by Gasteiger charge is 2.17. The van der Waals surface area contributed by atoms with E-state index in [4.69, 9.17) is 4.74 Å². The first-order chi connectivity index (χ1) is 19.8. The van der Waals surface area contributed by atoms with Crippen molar-refractivity contribution in [1.29, 1.82) is 0 Å². The molecule has 0 fully saturated rings. The molecule has 1 N–H and O–H groups in total. The number of carbonyl (C=O) groups excluding carboxylic acids is 2. The van der Waals surface area contributed by atoms with E-state index in [1.165, 1.54) is 7.11 Å². The van der Waals surface area contributed by atoms with Gasteiger partial charge in [0, 0.05) is 39.6 Å². The minimum absolute atomic E-state index is 0.296. The summed E-state index contributed by atoms with van der Waals surface area (Å²) in [5.41, 5.74) is 12.5. The summed E-state index contributed by atoms with van der Waals surface area (Å²) in [6.07, 6.45) is 1.64. The molecule has 0 atom stereocenters. The molecule has 1 amide bonds. The lowest BCUT2D eigenvalue weighted by molar-refractivity contribution is 0.0599. The number of nitrogens with one attached hydrogen (secondary N) is 1. The van der Waals surface area contributed by atoms with Gasteiger partial charge in [0.2, 0.25) is 0 Å². The number of carbonyl (C=O) groups is 2. The van der Waals surface area contributed by atoms with Crippen LogP contribution < -0.4 is 5.43 Å². The highest BCUT2D eigenvalue weighted by atomic mass is 16.5. The molecule has 0 spiro atoms. The Morgan fingerprint density at radius 3 is 2.24 bits per heavy atom. The van der Waals surface area contributed by atoms with Crippen LogP contribution in [0.15, 0.2) is 96.1 Å². The van der Waals surface area contributed by atoms with E-state index in [1.807, 2.05) is 69.3 Å². The van der Waals surface area contributed by atoms with Crippen molar-refractivity contribution in [2.24, 2.45) is 5.10 Å². The second-order valence-corrected chi connectivity index (χ2v) is 9.91. The standard InChI is InChI=1S/C34H32N4O3/c1-22-14-19-32(26-10-7-6-8-11-26)38(22)29-17-15-27(16-18-29)33(39)36-35-21-28-20-23(2)37(25(28)4)31-13-9-12-30(24(31)3)34(40)41-5/h6-21H,1-5H3,(H,36,39)/b35-21+. The Labute approximate surface area is 239 Å². The zero-order valence-corrected chi connectivity index (χ0v) is 23.8. The van der Waals surface area contributed by atoms with E-state index in [0.717, 1.165) is 50.8 Å². The summed E-state index contributed by atoms with van der Waals surface area (Å²) in [4.78, 5) is 25.0. The maximum absolute atomic E-state index is 12.9. The molecule has 41 heavy (non-hydrogen) atoms. The molecule has 3 aromatic carbocycles. The molecule has 5 aromatic rings. The number of hydrazone groups is 1. The molecule has 5 rings (SSSR count). The smallest absolute Gasteiger partial charge is 0.338 e. The maximum Gasteiger partial charge on any atom is 0.338 e. The SMILES string of the molecule is COC(=O)c1cccc(-n2c(C)cc(/C=N/NC(=O)c3ccc(-n4c(C)ccc4-c4ccccc4)cc3)c2C)c1C. The Morgan fingerprint density at radius 2 is 1.54 bits per heavy atom. The fraction of sp³-hybridized carbons (Fsp3) is 0.147. The van der Waals surface area contributed by atoms with Crippen LogP contribution in [0.5, 0.6) is 0 Å². The van der Waals surface area contributed by atoms with Gasteiger partial charge in [-0.3, -0.25) is 4.79 Å². The Bertz CT molecular complexity index is 1760. The van der Waals surface area contributed by atoms with Gasteiger partial charge in [-0.2, -0.15) is 5.10 Å². The fourth-order valence-electron chi connectivity index (χ4n) is 5.19. The zero-order chi connectivity index (χ0) is 29.1. The van der Waals surface area contributed by atoms with Crippen molar-refractivity contribution in [3.8, 4) is 22.6 Å². The van der Waals surface area contributed by atoms with Crippen molar-refractivity contribution in [2.45, 2.75) is 27.7 Å². The predicted octanol–water partition coefficient (Wildman–Crippen LogP) is 6.72. The normalized spacial score (nSPS) is 11.1. The third kappa shape index (κ3) is 5.34. The average molecular weight is 545 g/mol. The molecule has 0 saturated carbocycles. The summed E-state index contributed by atoms with van der Waals surface area (Å²) in [6, 6.07) is 29.5. The fourth-order valence-corrected chi connectivity index (χ4v) is 5.19. The van der Waals surface area contributed by atoms with Crippen LogP contribution >= 0.6 is 0 Å². The molecular weight excluding hydrogens is 512 g/mol. The largest absolute Gasteiger partial charge is 0.465 e. The van der Waals surface area contributed by atoms with Crippen LogP contribution in [0.2, 0.25) is 0 Å². The van der Waals surface area contributed by atoms with E-state index in [1.54, 1.807) is 24.4 Å². The summed E-state index contributed by atoms with van der Waals surface area (Å²) in [5.74, 6) is -0.666. The minimum atomic E-state index is -0.371.